The Morgan fingerprint density at radius 2 is 1.81 bits per heavy atom. The number of carbonyl (C=O) groups excluding carboxylic acids is 2. The van der Waals surface area contributed by atoms with Crippen LogP contribution in [0.3, 0.4) is 0 Å². The van der Waals surface area contributed by atoms with Gasteiger partial charge in [0.15, 0.2) is 0 Å². The van der Waals surface area contributed by atoms with Crippen molar-refractivity contribution >= 4 is 11.8 Å². The third-order valence-electron chi connectivity index (χ3n) is 6.89. The maximum Gasteiger partial charge on any atom is 0.243 e. The molecule has 1 saturated carbocycles. The van der Waals surface area contributed by atoms with Crippen molar-refractivity contribution in [2.24, 2.45) is 5.92 Å². The Morgan fingerprint density at radius 3 is 2.55 bits per heavy atom. The molecule has 2 heterocycles. The summed E-state index contributed by atoms with van der Waals surface area (Å²) in [5.41, 5.74) is 2.26. The third-order valence-corrected chi connectivity index (χ3v) is 6.89. The van der Waals surface area contributed by atoms with Gasteiger partial charge in [0.25, 0.3) is 0 Å². The second kappa shape index (κ2) is 10.2. The van der Waals surface area contributed by atoms with E-state index in [2.05, 4.69) is 42.0 Å². The minimum atomic E-state index is -0.102. The molecule has 1 aliphatic heterocycles. The highest BCUT2D eigenvalue weighted by atomic mass is 16.2. The number of fused-ring (bicyclic) bond motifs is 1. The lowest BCUT2D eigenvalue weighted by atomic mass is 9.99. The molecule has 2 amide bonds. The molecule has 1 unspecified atom stereocenters. The molecule has 2 aromatic rings. The lowest BCUT2D eigenvalue weighted by molar-refractivity contribution is -0.142. The second-order valence-corrected chi connectivity index (χ2v) is 9.03. The number of amides is 2. The van der Waals surface area contributed by atoms with Crippen LogP contribution in [0.4, 0.5) is 0 Å². The Morgan fingerprint density at radius 1 is 1.03 bits per heavy atom. The number of carbonyl (C=O) groups is 2. The van der Waals surface area contributed by atoms with Crippen molar-refractivity contribution in [3.63, 3.8) is 0 Å². The van der Waals surface area contributed by atoms with Gasteiger partial charge in [0.1, 0.15) is 0 Å². The normalized spacial score (nSPS) is 18.7. The summed E-state index contributed by atoms with van der Waals surface area (Å²) < 4.78 is 2.23. The van der Waals surface area contributed by atoms with E-state index in [1.54, 1.807) is 4.90 Å². The maximum atomic E-state index is 13.5. The highest BCUT2D eigenvalue weighted by Crippen LogP contribution is 2.32. The van der Waals surface area contributed by atoms with Crippen LogP contribution in [0.5, 0.6) is 0 Å². The van der Waals surface area contributed by atoms with Crippen molar-refractivity contribution in [3.8, 4) is 0 Å². The van der Waals surface area contributed by atoms with E-state index in [-0.39, 0.29) is 24.4 Å². The van der Waals surface area contributed by atoms with Gasteiger partial charge in [-0.05, 0) is 36.5 Å². The number of benzene rings is 1. The minimum absolute atomic E-state index is 0.0453. The molecule has 0 spiro atoms. The Bertz CT molecular complexity index is 870. The van der Waals surface area contributed by atoms with Gasteiger partial charge in [0.2, 0.25) is 11.8 Å². The fraction of sp³-hybridized carbons (Fsp3) is 0.538. The first-order valence-electron chi connectivity index (χ1n) is 11.9. The zero-order valence-electron chi connectivity index (χ0n) is 18.7. The van der Waals surface area contributed by atoms with Crippen molar-refractivity contribution < 1.29 is 9.59 Å². The molecule has 1 aromatic heterocycles. The Labute approximate surface area is 186 Å². The molecule has 5 nitrogen and oxygen atoms in total. The summed E-state index contributed by atoms with van der Waals surface area (Å²) in [6.45, 7) is 4.36. The number of nitrogens with zero attached hydrogens (tertiary/aromatic N) is 3. The van der Waals surface area contributed by atoms with Gasteiger partial charge >= 0.3 is 0 Å². The van der Waals surface area contributed by atoms with Gasteiger partial charge in [0, 0.05) is 37.9 Å². The van der Waals surface area contributed by atoms with Crippen molar-refractivity contribution in [2.45, 2.75) is 64.5 Å². The average molecular weight is 422 g/mol. The van der Waals surface area contributed by atoms with E-state index in [0.717, 1.165) is 30.6 Å². The van der Waals surface area contributed by atoms with Crippen LogP contribution in [-0.4, -0.2) is 45.8 Å². The van der Waals surface area contributed by atoms with Crippen molar-refractivity contribution in [1.29, 1.82) is 0 Å². The third kappa shape index (κ3) is 5.03. The van der Waals surface area contributed by atoms with Gasteiger partial charge < -0.3 is 14.4 Å². The van der Waals surface area contributed by atoms with Crippen LogP contribution in [0, 0.1) is 5.92 Å². The van der Waals surface area contributed by atoms with E-state index in [1.807, 2.05) is 23.1 Å². The Hall–Kier alpha value is -2.56. The van der Waals surface area contributed by atoms with E-state index >= 15 is 0 Å². The lowest BCUT2D eigenvalue weighted by Crippen LogP contribution is -2.48. The number of rotatable bonds is 8. The SMILES string of the molecule is CCCN(CC(=O)N1CCn2cccc2C1c1ccccc1)C(=O)CCC1CCCC1. The molecule has 1 atom stereocenters. The van der Waals surface area contributed by atoms with Crippen molar-refractivity contribution in [2.75, 3.05) is 19.6 Å². The maximum absolute atomic E-state index is 13.5. The topological polar surface area (TPSA) is 45.6 Å². The van der Waals surface area contributed by atoms with Gasteiger partial charge in [-0.15, -0.1) is 0 Å². The molecular formula is C26H35N3O2. The summed E-state index contributed by atoms with van der Waals surface area (Å²) in [7, 11) is 0. The van der Waals surface area contributed by atoms with Gasteiger partial charge in [-0.2, -0.15) is 0 Å². The second-order valence-electron chi connectivity index (χ2n) is 9.03. The molecule has 4 rings (SSSR count). The molecule has 2 aliphatic rings. The predicted octanol–water partition coefficient (Wildman–Crippen LogP) is 4.63. The molecule has 1 aromatic carbocycles. The van der Waals surface area contributed by atoms with E-state index in [4.69, 9.17) is 0 Å². The smallest absolute Gasteiger partial charge is 0.243 e. The molecule has 31 heavy (non-hydrogen) atoms. The summed E-state index contributed by atoms with van der Waals surface area (Å²) >= 11 is 0. The summed E-state index contributed by atoms with van der Waals surface area (Å²) in [6.07, 6.45) is 9.61. The van der Waals surface area contributed by atoms with Gasteiger partial charge in [-0.3, -0.25) is 9.59 Å². The van der Waals surface area contributed by atoms with E-state index in [9.17, 15) is 9.59 Å². The van der Waals surface area contributed by atoms with Crippen LogP contribution in [0.25, 0.3) is 0 Å². The largest absolute Gasteiger partial charge is 0.348 e. The summed E-state index contributed by atoms with van der Waals surface area (Å²) in [5, 5.41) is 0. The molecular weight excluding hydrogens is 386 g/mol. The quantitative estimate of drug-likeness (QED) is 0.624. The predicted molar refractivity (Wildman–Crippen MR) is 122 cm³/mol. The monoisotopic (exact) mass is 421 g/mol. The molecule has 166 valence electrons. The van der Waals surface area contributed by atoms with Crippen LogP contribution in [0.1, 0.15) is 69.2 Å². The van der Waals surface area contributed by atoms with Crippen LogP contribution >= 0.6 is 0 Å². The first-order chi connectivity index (χ1) is 15.2. The van der Waals surface area contributed by atoms with Gasteiger partial charge in [0.05, 0.1) is 12.6 Å². The van der Waals surface area contributed by atoms with E-state index in [1.165, 1.54) is 25.7 Å². The van der Waals surface area contributed by atoms with Gasteiger partial charge in [-0.25, -0.2) is 0 Å². The molecule has 1 fully saturated rings. The van der Waals surface area contributed by atoms with Crippen molar-refractivity contribution in [1.82, 2.24) is 14.4 Å². The number of aromatic nitrogens is 1. The highest BCUT2D eigenvalue weighted by Gasteiger charge is 2.33. The molecule has 0 N–H and O–H groups in total. The summed E-state index contributed by atoms with van der Waals surface area (Å²) in [5.74, 6) is 0.878. The molecule has 5 heteroatoms. The van der Waals surface area contributed by atoms with Gasteiger partial charge in [-0.1, -0.05) is 62.9 Å². The van der Waals surface area contributed by atoms with Crippen LogP contribution in [0.2, 0.25) is 0 Å². The molecule has 0 saturated heterocycles. The zero-order chi connectivity index (χ0) is 21.6. The standard InChI is InChI=1S/C26H35N3O2/c1-2-16-28(24(30)15-14-21-9-6-7-10-21)20-25(31)29-19-18-27-17-8-13-23(27)26(29)22-11-4-3-5-12-22/h3-5,8,11-13,17,21,26H,2,6-7,9-10,14-16,18-20H2,1H3. The minimum Gasteiger partial charge on any atom is -0.348 e. The first-order valence-corrected chi connectivity index (χ1v) is 11.9. The number of hydrogen-bond donors (Lipinski definition) is 0. The molecule has 0 bridgehead atoms. The van der Waals surface area contributed by atoms with Crippen LogP contribution in [-0.2, 0) is 16.1 Å². The Kier molecular flexibility index (Phi) is 7.10. The Balaban J connectivity index is 1.47. The van der Waals surface area contributed by atoms with Crippen molar-refractivity contribution in [3.05, 3.63) is 59.9 Å². The highest BCUT2D eigenvalue weighted by molar-refractivity contribution is 5.85. The average Bonchev–Trinajstić information content (AvgIpc) is 3.48. The zero-order valence-corrected chi connectivity index (χ0v) is 18.7. The summed E-state index contributed by atoms with van der Waals surface area (Å²) in [4.78, 5) is 30.2. The number of hydrogen-bond acceptors (Lipinski definition) is 2. The molecule has 1 aliphatic carbocycles. The van der Waals surface area contributed by atoms with E-state index in [0.29, 0.717) is 25.4 Å². The fourth-order valence-corrected chi connectivity index (χ4v) is 5.24. The van der Waals surface area contributed by atoms with Crippen LogP contribution in [0.15, 0.2) is 48.7 Å². The lowest BCUT2D eigenvalue weighted by Gasteiger charge is -2.38. The van der Waals surface area contributed by atoms with Crippen LogP contribution < -0.4 is 0 Å². The summed E-state index contributed by atoms with van der Waals surface area (Å²) in [6, 6.07) is 14.3. The fourth-order valence-electron chi connectivity index (χ4n) is 5.24. The first kappa shape index (κ1) is 21.7. The van der Waals surface area contributed by atoms with E-state index < -0.39 is 0 Å². The molecule has 0 radical (unpaired) electrons.